The van der Waals surface area contributed by atoms with Crippen molar-refractivity contribution in [2.24, 2.45) is 0 Å². The number of alkyl halides is 2. The first-order valence-electron chi connectivity index (χ1n) is 5.81. The zero-order chi connectivity index (χ0) is 14.8. The molecule has 0 saturated carbocycles. The average molecular weight is 328 g/mol. The molecule has 0 unspecified atom stereocenters. The Kier molecular flexibility index (Phi) is 3.89. The van der Waals surface area contributed by atoms with Gasteiger partial charge in [0.1, 0.15) is 5.52 Å². The van der Waals surface area contributed by atoms with E-state index in [0.29, 0.717) is 39.3 Å². The molecule has 2 aromatic heterocycles. The van der Waals surface area contributed by atoms with Crippen LogP contribution in [0.5, 0.6) is 0 Å². The molecule has 2 N–H and O–H groups in total. The number of H-pyrrole nitrogens is 1. The SMILES string of the molecule is FC(F)Sc1ccccc1Nc1nc(Cl)nc2nc[nH]c12. The van der Waals surface area contributed by atoms with Crippen LogP contribution in [0.3, 0.4) is 0 Å². The molecule has 3 rings (SSSR count). The average Bonchev–Trinajstić information content (AvgIpc) is 2.88. The number of aromatic nitrogens is 4. The van der Waals surface area contributed by atoms with Gasteiger partial charge in [-0.2, -0.15) is 18.7 Å². The number of imidazole rings is 1. The Morgan fingerprint density at radius 2 is 2.05 bits per heavy atom. The van der Waals surface area contributed by atoms with Gasteiger partial charge >= 0.3 is 0 Å². The van der Waals surface area contributed by atoms with Crippen molar-refractivity contribution >= 4 is 46.0 Å². The molecule has 21 heavy (non-hydrogen) atoms. The second-order valence-corrected chi connectivity index (χ2v) is 5.31. The highest BCUT2D eigenvalue weighted by molar-refractivity contribution is 7.99. The van der Waals surface area contributed by atoms with E-state index < -0.39 is 5.76 Å². The van der Waals surface area contributed by atoms with Crippen LogP contribution < -0.4 is 5.32 Å². The standard InChI is InChI=1S/C12H8ClF2N5S/c13-11-19-9-8(16-5-17-9)10(20-11)18-6-3-1-2-4-7(6)21-12(14)15/h1-5,12H,(H2,16,17,18,19,20). The molecule has 0 atom stereocenters. The summed E-state index contributed by atoms with van der Waals surface area (Å²) in [6.07, 6.45) is 1.46. The lowest BCUT2D eigenvalue weighted by Gasteiger charge is -2.11. The van der Waals surface area contributed by atoms with E-state index >= 15 is 0 Å². The minimum atomic E-state index is -2.51. The number of hydrogen-bond acceptors (Lipinski definition) is 5. The predicted octanol–water partition coefficient (Wildman–Crippen LogP) is 4.06. The van der Waals surface area contributed by atoms with Crippen molar-refractivity contribution in [3.8, 4) is 0 Å². The van der Waals surface area contributed by atoms with Gasteiger partial charge in [-0.25, -0.2) is 4.98 Å². The van der Waals surface area contributed by atoms with E-state index in [9.17, 15) is 8.78 Å². The van der Waals surface area contributed by atoms with Crippen LogP contribution in [-0.2, 0) is 0 Å². The van der Waals surface area contributed by atoms with Gasteiger partial charge in [-0.15, -0.1) is 0 Å². The Morgan fingerprint density at radius 1 is 1.24 bits per heavy atom. The quantitative estimate of drug-likeness (QED) is 0.558. The number of aromatic amines is 1. The molecule has 0 aliphatic heterocycles. The molecule has 0 amide bonds. The van der Waals surface area contributed by atoms with Crippen molar-refractivity contribution in [1.82, 2.24) is 19.9 Å². The zero-order valence-corrected chi connectivity index (χ0v) is 11.9. The number of nitrogens with zero attached hydrogens (tertiary/aromatic N) is 3. The summed E-state index contributed by atoms with van der Waals surface area (Å²) < 4.78 is 25.2. The smallest absolute Gasteiger partial charge is 0.288 e. The molecule has 0 saturated heterocycles. The number of fused-ring (bicyclic) bond motifs is 1. The maximum absolute atomic E-state index is 12.6. The maximum atomic E-state index is 12.6. The molecule has 2 heterocycles. The lowest BCUT2D eigenvalue weighted by Crippen LogP contribution is -1.99. The molecule has 3 aromatic rings. The highest BCUT2D eigenvalue weighted by Crippen LogP contribution is 2.34. The molecule has 0 aliphatic carbocycles. The van der Waals surface area contributed by atoms with Gasteiger partial charge in [-0.3, -0.25) is 0 Å². The van der Waals surface area contributed by atoms with Gasteiger partial charge in [0.2, 0.25) is 5.28 Å². The fourth-order valence-electron chi connectivity index (χ4n) is 1.79. The Morgan fingerprint density at radius 3 is 2.86 bits per heavy atom. The van der Waals surface area contributed by atoms with E-state index in [4.69, 9.17) is 11.6 Å². The monoisotopic (exact) mass is 327 g/mol. The molecule has 0 aliphatic rings. The van der Waals surface area contributed by atoms with Crippen molar-refractivity contribution in [2.75, 3.05) is 5.32 Å². The van der Waals surface area contributed by atoms with E-state index in [2.05, 4.69) is 25.3 Å². The first-order chi connectivity index (χ1) is 10.1. The molecule has 0 bridgehead atoms. The van der Waals surface area contributed by atoms with E-state index in [-0.39, 0.29) is 5.28 Å². The fraction of sp³-hybridized carbons (Fsp3) is 0.0833. The largest absolute Gasteiger partial charge is 0.340 e. The summed E-state index contributed by atoms with van der Waals surface area (Å²) in [5, 5.41) is 3.01. The van der Waals surface area contributed by atoms with Gasteiger partial charge in [0.25, 0.3) is 5.76 Å². The summed E-state index contributed by atoms with van der Waals surface area (Å²) in [6, 6.07) is 6.72. The van der Waals surface area contributed by atoms with Crippen molar-refractivity contribution < 1.29 is 8.78 Å². The van der Waals surface area contributed by atoms with Crippen LogP contribution in [-0.4, -0.2) is 25.7 Å². The lowest BCUT2D eigenvalue weighted by atomic mass is 10.3. The first-order valence-corrected chi connectivity index (χ1v) is 7.07. The van der Waals surface area contributed by atoms with Crippen LogP contribution in [0.4, 0.5) is 20.3 Å². The molecule has 0 fully saturated rings. The Bertz CT molecular complexity index is 779. The van der Waals surface area contributed by atoms with Gasteiger partial charge in [0.05, 0.1) is 12.0 Å². The molecule has 0 radical (unpaired) electrons. The third-order valence-corrected chi connectivity index (χ3v) is 3.57. The van der Waals surface area contributed by atoms with Crippen molar-refractivity contribution in [3.63, 3.8) is 0 Å². The van der Waals surface area contributed by atoms with Crippen LogP contribution in [0, 0.1) is 0 Å². The first kappa shape index (κ1) is 14.0. The predicted molar refractivity (Wildman–Crippen MR) is 78.3 cm³/mol. The Balaban J connectivity index is 2.01. The van der Waals surface area contributed by atoms with E-state index in [1.54, 1.807) is 24.3 Å². The van der Waals surface area contributed by atoms with Gasteiger partial charge in [-0.05, 0) is 23.7 Å². The molecule has 0 spiro atoms. The summed E-state index contributed by atoms with van der Waals surface area (Å²) >= 11 is 6.29. The van der Waals surface area contributed by atoms with Crippen LogP contribution in [0.25, 0.3) is 11.2 Å². The van der Waals surface area contributed by atoms with Crippen molar-refractivity contribution in [3.05, 3.63) is 35.9 Å². The van der Waals surface area contributed by atoms with Gasteiger partial charge in [0, 0.05) is 4.90 Å². The number of benzene rings is 1. The minimum absolute atomic E-state index is 0.0242. The third-order valence-electron chi connectivity index (χ3n) is 2.61. The summed E-state index contributed by atoms with van der Waals surface area (Å²) in [5.41, 5.74) is 1.46. The second-order valence-electron chi connectivity index (χ2n) is 3.94. The highest BCUT2D eigenvalue weighted by atomic mass is 35.5. The second kappa shape index (κ2) is 5.82. The summed E-state index contributed by atoms with van der Waals surface area (Å²) in [6.45, 7) is 0. The normalized spacial score (nSPS) is 11.2. The lowest BCUT2D eigenvalue weighted by molar-refractivity contribution is 0.252. The van der Waals surface area contributed by atoms with Crippen LogP contribution in [0.1, 0.15) is 0 Å². The van der Waals surface area contributed by atoms with Crippen LogP contribution in [0.2, 0.25) is 5.28 Å². The number of hydrogen-bond donors (Lipinski definition) is 2. The zero-order valence-electron chi connectivity index (χ0n) is 10.3. The Labute approximate surface area is 127 Å². The number of nitrogens with one attached hydrogen (secondary N) is 2. The number of para-hydroxylation sites is 1. The summed E-state index contributed by atoms with van der Waals surface area (Å²) in [4.78, 5) is 15.3. The minimum Gasteiger partial charge on any atom is -0.340 e. The fourth-order valence-corrected chi connectivity index (χ4v) is 2.55. The van der Waals surface area contributed by atoms with E-state index in [1.807, 2.05) is 0 Å². The summed E-state index contributed by atoms with van der Waals surface area (Å²) in [7, 11) is 0. The number of rotatable bonds is 4. The molecule has 5 nitrogen and oxygen atoms in total. The van der Waals surface area contributed by atoms with Gasteiger partial charge in [0.15, 0.2) is 11.5 Å². The number of anilines is 2. The van der Waals surface area contributed by atoms with Crippen LogP contribution in [0.15, 0.2) is 35.5 Å². The van der Waals surface area contributed by atoms with Crippen molar-refractivity contribution in [2.45, 2.75) is 10.7 Å². The summed E-state index contributed by atoms with van der Waals surface area (Å²) in [5.74, 6) is -2.13. The number of halogens is 3. The number of thioether (sulfide) groups is 1. The molecule has 1 aromatic carbocycles. The topological polar surface area (TPSA) is 66.5 Å². The van der Waals surface area contributed by atoms with E-state index in [0.717, 1.165) is 0 Å². The molecule has 9 heteroatoms. The van der Waals surface area contributed by atoms with E-state index in [1.165, 1.54) is 6.33 Å². The molecular formula is C12H8ClF2N5S. The maximum Gasteiger partial charge on any atom is 0.288 e. The van der Waals surface area contributed by atoms with Gasteiger partial charge in [-0.1, -0.05) is 23.9 Å². The highest BCUT2D eigenvalue weighted by Gasteiger charge is 2.13. The van der Waals surface area contributed by atoms with Crippen LogP contribution >= 0.6 is 23.4 Å². The van der Waals surface area contributed by atoms with Gasteiger partial charge < -0.3 is 10.3 Å². The Hall–Kier alpha value is -1.93. The third kappa shape index (κ3) is 3.06. The van der Waals surface area contributed by atoms with Crippen molar-refractivity contribution in [1.29, 1.82) is 0 Å². The molecular weight excluding hydrogens is 320 g/mol. The molecule has 108 valence electrons.